The number of nitrogens with one attached hydrogen (secondary N) is 1. The third-order valence-electron chi connectivity index (χ3n) is 7.65. The molecule has 1 heterocycles. The Labute approximate surface area is 254 Å². The van der Waals surface area contributed by atoms with E-state index in [-0.39, 0.29) is 18.6 Å². The van der Waals surface area contributed by atoms with Crippen molar-refractivity contribution in [2.75, 3.05) is 13.2 Å². The zero-order valence-electron chi connectivity index (χ0n) is 23.2. The summed E-state index contributed by atoms with van der Waals surface area (Å²) < 4.78 is 13.3. The second kappa shape index (κ2) is 12.5. The Morgan fingerprint density at radius 3 is 2.24 bits per heavy atom. The van der Waals surface area contributed by atoms with Gasteiger partial charge in [0.1, 0.15) is 5.75 Å². The molecule has 0 spiro atoms. The zero-order chi connectivity index (χ0) is 28.9. The van der Waals surface area contributed by atoms with E-state index < -0.39 is 11.6 Å². The molecule has 7 heteroatoms. The molecular weight excluding hydrogens is 592 g/mol. The first-order valence-corrected chi connectivity index (χ1v) is 15.1. The standard InChI is InChI=1S/C35H33BrN2O4/c36-29-15-7-24(8-16-29)23-35(34(40)37-30-17-18-30)32(27-11-9-26(10-12-27)25-5-2-1-3-6-25)42-33(38-35)28-13-19-31(20-14-28)41-22-4-21-39/h1-3,5-16,19-20,30,32,39H,4,17-18,21-23H2,(H,37,40)/t32-,35-/m1/s1. The fourth-order valence-corrected chi connectivity index (χ4v) is 5.48. The van der Waals surface area contributed by atoms with E-state index in [1.165, 1.54) is 0 Å². The van der Waals surface area contributed by atoms with Gasteiger partial charge in [0.05, 0.1) is 6.61 Å². The molecule has 214 valence electrons. The third-order valence-corrected chi connectivity index (χ3v) is 8.18. The van der Waals surface area contributed by atoms with Crippen LogP contribution in [0.1, 0.15) is 42.1 Å². The lowest BCUT2D eigenvalue weighted by atomic mass is 9.81. The number of carbonyl (C=O) groups excluding carboxylic acids is 1. The number of nitrogens with zero attached hydrogens (tertiary/aromatic N) is 1. The van der Waals surface area contributed by atoms with Crippen LogP contribution in [0.15, 0.2) is 113 Å². The number of halogens is 1. The molecule has 1 saturated carbocycles. The smallest absolute Gasteiger partial charge is 0.252 e. The van der Waals surface area contributed by atoms with Crippen molar-refractivity contribution in [1.82, 2.24) is 5.32 Å². The Hall–Kier alpha value is -3.94. The van der Waals surface area contributed by atoms with Crippen molar-refractivity contribution in [2.24, 2.45) is 4.99 Å². The molecule has 0 saturated heterocycles. The second-order valence-corrected chi connectivity index (χ2v) is 11.7. The van der Waals surface area contributed by atoms with Crippen molar-refractivity contribution in [3.8, 4) is 16.9 Å². The summed E-state index contributed by atoms with van der Waals surface area (Å²) in [4.78, 5) is 19.3. The molecule has 6 rings (SSSR count). The molecule has 0 bridgehead atoms. The zero-order valence-corrected chi connectivity index (χ0v) is 24.8. The van der Waals surface area contributed by atoms with Gasteiger partial charge in [-0.05, 0) is 71.5 Å². The number of carbonyl (C=O) groups is 1. The van der Waals surface area contributed by atoms with Crippen LogP contribution in [0.5, 0.6) is 5.75 Å². The average Bonchev–Trinajstić information content (AvgIpc) is 3.76. The first-order valence-electron chi connectivity index (χ1n) is 14.4. The predicted octanol–water partition coefficient (Wildman–Crippen LogP) is 6.66. The Morgan fingerprint density at radius 2 is 1.57 bits per heavy atom. The van der Waals surface area contributed by atoms with E-state index >= 15 is 0 Å². The maximum absolute atomic E-state index is 14.2. The fraction of sp³-hybridized carbons (Fsp3) is 0.257. The molecular formula is C35H33BrN2O4. The first-order chi connectivity index (χ1) is 20.5. The van der Waals surface area contributed by atoms with E-state index in [1.54, 1.807) is 0 Å². The Bertz CT molecular complexity index is 1540. The maximum Gasteiger partial charge on any atom is 0.252 e. The van der Waals surface area contributed by atoms with Gasteiger partial charge in [-0.3, -0.25) is 4.79 Å². The van der Waals surface area contributed by atoms with Crippen molar-refractivity contribution >= 4 is 27.7 Å². The highest BCUT2D eigenvalue weighted by Gasteiger charge is 2.54. The monoisotopic (exact) mass is 624 g/mol. The number of rotatable bonds is 11. The minimum absolute atomic E-state index is 0.0832. The molecule has 1 fully saturated rings. The molecule has 0 aromatic heterocycles. The first kappa shape index (κ1) is 28.2. The summed E-state index contributed by atoms with van der Waals surface area (Å²) in [6.45, 7) is 0.520. The molecule has 1 aliphatic heterocycles. The molecule has 6 nitrogen and oxygen atoms in total. The molecule has 42 heavy (non-hydrogen) atoms. The van der Waals surface area contributed by atoms with Gasteiger partial charge in [-0.25, -0.2) is 4.99 Å². The Kier molecular flexibility index (Phi) is 8.40. The lowest BCUT2D eigenvalue weighted by molar-refractivity contribution is -0.129. The van der Waals surface area contributed by atoms with E-state index in [9.17, 15) is 4.79 Å². The van der Waals surface area contributed by atoms with E-state index in [0.29, 0.717) is 31.1 Å². The van der Waals surface area contributed by atoms with Gasteiger partial charge in [0, 0.05) is 35.5 Å². The summed E-state index contributed by atoms with van der Waals surface area (Å²) in [5.74, 6) is 1.01. The van der Waals surface area contributed by atoms with Gasteiger partial charge in [0.15, 0.2) is 11.6 Å². The summed E-state index contributed by atoms with van der Waals surface area (Å²) in [6, 6.07) is 34.2. The van der Waals surface area contributed by atoms with Crippen LogP contribution in [0, 0.1) is 0 Å². The van der Waals surface area contributed by atoms with E-state index in [4.69, 9.17) is 19.6 Å². The molecule has 2 atom stereocenters. The van der Waals surface area contributed by atoms with Crippen molar-refractivity contribution in [3.05, 3.63) is 124 Å². The largest absolute Gasteiger partial charge is 0.494 e. The number of hydrogen-bond donors (Lipinski definition) is 2. The van der Waals surface area contributed by atoms with Crippen molar-refractivity contribution < 1.29 is 19.4 Å². The van der Waals surface area contributed by atoms with Gasteiger partial charge in [-0.15, -0.1) is 0 Å². The van der Waals surface area contributed by atoms with Crippen LogP contribution in [0.3, 0.4) is 0 Å². The number of aliphatic hydroxyl groups excluding tert-OH is 1. The van der Waals surface area contributed by atoms with Gasteiger partial charge < -0.3 is 19.9 Å². The highest BCUT2D eigenvalue weighted by atomic mass is 79.9. The predicted molar refractivity (Wildman–Crippen MR) is 168 cm³/mol. The minimum Gasteiger partial charge on any atom is -0.494 e. The minimum atomic E-state index is -1.20. The van der Waals surface area contributed by atoms with Gasteiger partial charge >= 0.3 is 0 Å². The summed E-state index contributed by atoms with van der Waals surface area (Å²) >= 11 is 3.53. The number of benzene rings is 4. The van der Waals surface area contributed by atoms with Crippen LogP contribution >= 0.6 is 15.9 Å². The summed E-state index contributed by atoms with van der Waals surface area (Å²) in [6.07, 6.45) is 2.28. The molecule has 1 amide bonds. The van der Waals surface area contributed by atoms with E-state index in [2.05, 4.69) is 45.5 Å². The van der Waals surface area contributed by atoms with Crippen LogP contribution in [0.4, 0.5) is 0 Å². The number of aliphatic imine (C=N–C) groups is 1. The fourth-order valence-electron chi connectivity index (χ4n) is 5.21. The number of ether oxygens (including phenoxy) is 2. The second-order valence-electron chi connectivity index (χ2n) is 10.8. The molecule has 4 aromatic rings. The lowest BCUT2D eigenvalue weighted by Crippen LogP contribution is -2.50. The van der Waals surface area contributed by atoms with Crippen LogP contribution in [0.25, 0.3) is 11.1 Å². The topological polar surface area (TPSA) is 80.2 Å². The van der Waals surface area contributed by atoms with Crippen molar-refractivity contribution in [2.45, 2.75) is 43.4 Å². The van der Waals surface area contributed by atoms with Gasteiger partial charge in [-0.2, -0.15) is 0 Å². The molecule has 4 aromatic carbocycles. The molecule has 0 radical (unpaired) electrons. The Morgan fingerprint density at radius 1 is 0.905 bits per heavy atom. The SMILES string of the molecule is O=C(NC1CC1)[C@]1(Cc2ccc(Br)cc2)N=C(c2ccc(OCCCO)cc2)O[C@@H]1c1ccc(-c2ccccc2)cc1. The van der Waals surface area contributed by atoms with Crippen molar-refractivity contribution in [3.63, 3.8) is 0 Å². The summed E-state index contributed by atoms with van der Waals surface area (Å²) in [5.41, 5.74) is 3.68. The highest BCUT2D eigenvalue weighted by molar-refractivity contribution is 9.10. The van der Waals surface area contributed by atoms with Gasteiger partial charge in [0.25, 0.3) is 5.91 Å². The van der Waals surface area contributed by atoms with Crippen LogP contribution < -0.4 is 10.1 Å². The number of aliphatic hydroxyl groups is 1. The quantitative estimate of drug-likeness (QED) is 0.183. The number of amides is 1. The van der Waals surface area contributed by atoms with Gasteiger partial charge in [0.2, 0.25) is 5.90 Å². The molecule has 1 aliphatic carbocycles. The summed E-state index contributed by atoms with van der Waals surface area (Å²) in [5, 5.41) is 12.3. The van der Waals surface area contributed by atoms with Gasteiger partial charge in [-0.1, -0.05) is 82.7 Å². The molecule has 2 N–H and O–H groups in total. The highest BCUT2D eigenvalue weighted by Crippen LogP contribution is 2.43. The van der Waals surface area contributed by atoms with Crippen LogP contribution in [-0.2, 0) is 16.0 Å². The van der Waals surface area contributed by atoms with E-state index in [0.717, 1.165) is 45.1 Å². The van der Waals surface area contributed by atoms with Crippen LogP contribution in [-0.4, -0.2) is 41.7 Å². The number of hydrogen-bond acceptors (Lipinski definition) is 5. The maximum atomic E-state index is 14.2. The lowest BCUT2D eigenvalue weighted by Gasteiger charge is -2.31. The third kappa shape index (κ3) is 6.27. The normalized spacial score (nSPS) is 19.6. The van der Waals surface area contributed by atoms with Crippen molar-refractivity contribution in [1.29, 1.82) is 0 Å². The average molecular weight is 626 g/mol. The van der Waals surface area contributed by atoms with E-state index in [1.807, 2.05) is 78.9 Å². The molecule has 0 unspecified atom stereocenters. The Balaban J connectivity index is 1.39. The van der Waals surface area contributed by atoms with Crippen LogP contribution in [0.2, 0.25) is 0 Å². The summed E-state index contributed by atoms with van der Waals surface area (Å²) in [7, 11) is 0. The molecule has 2 aliphatic rings.